The molecule has 2 heterocycles. The Bertz CT molecular complexity index is 574. The summed E-state index contributed by atoms with van der Waals surface area (Å²) in [5.41, 5.74) is 1.44. The molecule has 0 radical (unpaired) electrons. The van der Waals surface area contributed by atoms with Crippen LogP contribution in [0.5, 0.6) is 0 Å². The van der Waals surface area contributed by atoms with E-state index in [0.29, 0.717) is 36.3 Å². The Morgan fingerprint density at radius 2 is 2.30 bits per heavy atom. The van der Waals surface area contributed by atoms with Gasteiger partial charge in [-0.25, -0.2) is 4.98 Å². The number of anilines is 1. The molecule has 1 aromatic heterocycles. The predicted molar refractivity (Wildman–Crippen MR) is 75.0 cm³/mol. The molecule has 3 rings (SSSR count). The van der Waals surface area contributed by atoms with Crippen LogP contribution in [0.15, 0.2) is 12.1 Å². The van der Waals surface area contributed by atoms with Crippen molar-refractivity contribution in [1.82, 2.24) is 9.88 Å². The third-order valence-corrected chi connectivity index (χ3v) is 3.94. The number of carbonyl (C=O) groups excluding carboxylic acids is 1. The van der Waals surface area contributed by atoms with Gasteiger partial charge in [-0.1, -0.05) is 0 Å². The van der Waals surface area contributed by atoms with Crippen LogP contribution in [-0.2, 0) is 4.79 Å². The van der Waals surface area contributed by atoms with Crippen LogP contribution in [0.3, 0.4) is 0 Å². The lowest BCUT2D eigenvalue weighted by atomic mass is 10.1. The normalized spacial score (nSPS) is 21.9. The molecule has 1 saturated carbocycles. The van der Waals surface area contributed by atoms with Crippen molar-refractivity contribution in [2.75, 3.05) is 18.4 Å². The zero-order chi connectivity index (χ0) is 14.1. The Morgan fingerprint density at radius 3 is 3.00 bits per heavy atom. The minimum atomic E-state index is 0.275. The molecule has 1 aliphatic heterocycles. The van der Waals surface area contributed by atoms with Gasteiger partial charge >= 0.3 is 0 Å². The molecule has 20 heavy (non-hydrogen) atoms. The smallest absolute Gasteiger partial charge is 0.223 e. The van der Waals surface area contributed by atoms with Crippen LogP contribution in [0, 0.1) is 24.2 Å². The van der Waals surface area contributed by atoms with E-state index in [9.17, 15) is 4.79 Å². The number of aryl methyl sites for hydroxylation is 1. The number of nitrogens with one attached hydrogen (secondary N) is 1. The van der Waals surface area contributed by atoms with Gasteiger partial charge in [-0.05, 0) is 31.9 Å². The maximum Gasteiger partial charge on any atom is 0.223 e. The van der Waals surface area contributed by atoms with Gasteiger partial charge in [-0.2, -0.15) is 5.26 Å². The van der Waals surface area contributed by atoms with E-state index in [1.165, 1.54) is 0 Å². The lowest BCUT2D eigenvalue weighted by Gasteiger charge is -2.16. The van der Waals surface area contributed by atoms with Crippen molar-refractivity contribution in [1.29, 1.82) is 5.26 Å². The molecule has 1 aromatic rings. The third-order valence-electron chi connectivity index (χ3n) is 3.94. The number of rotatable bonds is 4. The molecular weight excluding hydrogens is 252 g/mol. The predicted octanol–water partition coefficient (Wildman–Crippen LogP) is 1.68. The monoisotopic (exact) mass is 270 g/mol. The van der Waals surface area contributed by atoms with E-state index in [-0.39, 0.29) is 5.91 Å². The van der Waals surface area contributed by atoms with Crippen LogP contribution in [-0.4, -0.2) is 34.9 Å². The summed E-state index contributed by atoms with van der Waals surface area (Å²) in [7, 11) is 0. The molecule has 1 N–H and O–H groups in total. The van der Waals surface area contributed by atoms with Crippen molar-refractivity contribution in [2.24, 2.45) is 5.92 Å². The van der Waals surface area contributed by atoms with Crippen LogP contribution in [0.2, 0.25) is 0 Å². The number of hydrogen-bond acceptors (Lipinski definition) is 4. The molecule has 2 aliphatic rings. The molecule has 0 bridgehead atoms. The van der Waals surface area contributed by atoms with Crippen LogP contribution in [0.25, 0.3) is 0 Å². The van der Waals surface area contributed by atoms with Gasteiger partial charge in [0.25, 0.3) is 0 Å². The first-order chi connectivity index (χ1) is 9.67. The first kappa shape index (κ1) is 12.9. The van der Waals surface area contributed by atoms with E-state index in [2.05, 4.69) is 16.4 Å². The summed E-state index contributed by atoms with van der Waals surface area (Å²) < 4.78 is 0. The quantitative estimate of drug-likeness (QED) is 0.904. The molecule has 0 unspecified atom stereocenters. The van der Waals surface area contributed by atoms with Gasteiger partial charge in [0.1, 0.15) is 11.9 Å². The van der Waals surface area contributed by atoms with Crippen LogP contribution in [0.1, 0.15) is 30.5 Å². The standard InChI is InChI=1S/C15H18N4O/c1-10-2-3-12(7-16)15(18-10)17-8-11-6-14(20)19(9-11)13-4-5-13/h2-3,11,13H,4-6,8-9H2,1H3,(H,17,18)/t11-/m1/s1. The fourth-order valence-corrected chi connectivity index (χ4v) is 2.71. The van der Waals surface area contributed by atoms with Gasteiger partial charge in [0, 0.05) is 37.2 Å². The zero-order valence-corrected chi connectivity index (χ0v) is 11.6. The molecule has 5 heteroatoms. The number of amides is 1. The second kappa shape index (κ2) is 5.12. The van der Waals surface area contributed by atoms with Gasteiger partial charge < -0.3 is 10.2 Å². The highest BCUT2D eigenvalue weighted by Crippen LogP contribution is 2.32. The first-order valence-corrected chi connectivity index (χ1v) is 7.08. The Morgan fingerprint density at radius 1 is 1.50 bits per heavy atom. The van der Waals surface area contributed by atoms with E-state index >= 15 is 0 Å². The molecule has 5 nitrogen and oxygen atoms in total. The fourth-order valence-electron chi connectivity index (χ4n) is 2.71. The molecule has 1 saturated heterocycles. The van der Waals surface area contributed by atoms with Crippen molar-refractivity contribution < 1.29 is 4.79 Å². The van der Waals surface area contributed by atoms with Crippen molar-refractivity contribution in [3.05, 3.63) is 23.4 Å². The van der Waals surface area contributed by atoms with E-state index in [1.807, 2.05) is 17.9 Å². The summed E-state index contributed by atoms with van der Waals surface area (Å²) in [4.78, 5) is 18.3. The van der Waals surface area contributed by atoms with Gasteiger partial charge in [-0.15, -0.1) is 0 Å². The van der Waals surface area contributed by atoms with Crippen LogP contribution in [0.4, 0.5) is 5.82 Å². The van der Waals surface area contributed by atoms with Gasteiger partial charge in [-0.3, -0.25) is 4.79 Å². The number of hydrogen-bond donors (Lipinski definition) is 1. The van der Waals surface area contributed by atoms with E-state index < -0.39 is 0 Å². The van der Waals surface area contributed by atoms with Crippen molar-refractivity contribution >= 4 is 11.7 Å². The van der Waals surface area contributed by atoms with Crippen LogP contribution < -0.4 is 5.32 Å². The molecule has 1 aliphatic carbocycles. The molecule has 1 atom stereocenters. The molecule has 104 valence electrons. The third kappa shape index (κ3) is 2.60. The second-order valence-corrected chi connectivity index (χ2v) is 5.69. The number of nitriles is 1. The van der Waals surface area contributed by atoms with Crippen LogP contribution >= 0.6 is 0 Å². The van der Waals surface area contributed by atoms with Gasteiger partial charge in [0.2, 0.25) is 5.91 Å². The Labute approximate surface area is 118 Å². The number of nitrogens with zero attached hydrogens (tertiary/aromatic N) is 3. The fraction of sp³-hybridized carbons (Fsp3) is 0.533. The first-order valence-electron chi connectivity index (χ1n) is 7.08. The minimum Gasteiger partial charge on any atom is -0.369 e. The zero-order valence-electron chi connectivity index (χ0n) is 11.6. The molecule has 2 fully saturated rings. The average molecular weight is 270 g/mol. The molecule has 0 aromatic carbocycles. The summed E-state index contributed by atoms with van der Waals surface area (Å²) >= 11 is 0. The highest BCUT2D eigenvalue weighted by molar-refractivity contribution is 5.79. The van der Waals surface area contributed by atoms with Crippen molar-refractivity contribution in [2.45, 2.75) is 32.2 Å². The highest BCUT2D eigenvalue weighted by Gasteiger charge is 2.39. The summed E-state index contributed by atoms with van der Waals surface area (Å²) in [5, 5.41) is 12.3. The Balaban J connectivity index is 1.61. The highest BCUT2D eigenvalue weighted by atomic mass is 16.2. The summed E-state index contributed by atoms with van der Waals surface area (Å²) in [6.45, 7) is 3.44. The molecular formula is C15H18N4O. The SMILES string of the molecule is Cc1ccc(C#N)c(NC[C@H]2CC(=O)N(C3CC3)C2)n1. The average Bonchev–Trinajstić information content (AvgIpc) is 3.20. The second-order valence-electron chi connectivity index (χ2n) is 5.69. The molecule has 0 spiro atoms. The lowest BCUT2D eigenvalue weighted by Crippen LogP contribution is -2.28. The maximum absolute atomic E-state index is 11.9. The number of aromatic nitrogens is 1. The van der Waals surface area contributed by atoms with E-state index in [4.69, 9.17) is 5.26 Å². The van der Waals surface area contributed by atoms with E-state index in [0.717, 1.165) is 25.1 Å². The Hall–Kier alpha value is -2.09. The summed E-state index contributed by atoms with van der Waals surface area (Å²) in [6.07, 6.45) is 2.92. The van der Waals surface area contributed by atoms with Crippen molar-refractivity contribution in [3.8, 4) is 6.07 Å². The number of carbonyl (C=O) groups is 1. The Kier molecular flexibility index (Phi) is 3.31. The summed E-state index contributed by atoms with van der Waals surface area (Å²) in [5.74, 6) is 1.22. The largest absolute Gasteiger partial charge is 0.369 e. The lowest BCUT2D eigenvalue weighted by molar-refractivity contribution is -0.128. The van der Waals surface area contributed by atoms with Gasteiger partial charge in [0.15, 0.2) is 0 Å². The summed E-state index contributed by atoms with van der Waals surface area (Å²) in [6, 6.07) is 6.25. The van der Waals surface area contributed by atoms with Crippen molar-refractivity contribution in [3.63, 3.8) is 0 Å². The minimum absolute atomic E-state index is 0.275. The molecule has 1 amide bonds. The van der Waals surface area contributed by atoms with E-state index in [1.54, 1.807) is 6.07 Å². The number of pyridine rings is 1. The number of likely N-dealkylation sites (tertiary alicyclic amines) is 1. The topological polar surface area (TPSA) is 69.0 Å². The van der Waals surface area contributed by atoms with Gasteiger partial charge in [0.05, 0.1) is 5.56 Å². The maximum atomic E-state index is 11.9.